The van der Waals surface area contributed by atoms with E-state index in [1.165, 1.54) is 12.8 Å². The van der Waals surface area contributed by atoms with Gasteiger partial charge in [0.2, 0.25) is 0 Å². The van der Waals surface area contributed by atoms with E-state index in [4.69, 9.17) is 4.99 Å². The first kappa shape index (κ1) is 19.0. The average Bonchev–Trinajstić information content (AvgIpc) is 2.44. The molecule has 0 fully saturated rings. The summed E-state index contributed by atoms with van der Waals surface area (Å²) in [5.41, 5.74) is 0. The Bertz CT molecular complexity index is 263. The maximum absolute atomic E-state index is 4.70. The highest BCUT2D eigenvalue weighted by atomic mass is 15.3. The van der Waals surface area contributed by atoms with Crippen LogP contribution in [0.2, 0.25) is 0 Å². The number of rotatable bonds is 11. The molecule has 0 aliphatic rings. The van der Waals surface area contributed by atoms with Crippen molar-refractivity contribution in [1.82, 2.24) is 15.1 Å². The van der Waals surface area contributed by atoms with Gasteiger partial charge in [-0.2, -0.15) is 0 Å². The van der Waals surface area contributed by atoms with Crippen LogP contribution in [0.15, 0.2) is 17.6 Å². The Morgan fingerprint density at radius 2 is 1.90 bits per heavy atom. The fraction of sp³-hybridized carbons (Fsp3) is 0.812. The molecule has 0 saturated heterocycles. The molecule has 0 rings (SSSR count). The Balaban J connectivity index is 4.13. The SMILES string of the molecule is C=CCCCN(C)C(=NCCN(C)CCCC)NCC. The molecule has 0 heterocycles. The Morgan fingerprint density at radius 3 is 2.50 bits per heavy atom. The van der Waals surface area contributed by atoms with Gasteiger partial charge in [-0.05, 0) is 39.8 Å². The number of unbranched alkanes of at least 4 members (excludes halogenated alkanes) is 2. The van der Waals surface area contributed by atoms with Crippen LogP contribution in [0.3, 0.4) is 0 Å². The minimum atomic E-state index is 0.856. The molecule has 0 aromatic heterocycles. The summed E-state index contributed by atoms with van der Waals surface area (Å²) in [5.74, 6) is 1.01. The van der Waals surface area contributed by atoms with Crippen molar-refractivity contribution in [3.05, 3.63) is 12.7 Å². The molecule has 0 saturated carbocycles. The highest BCUT2D eigenvalue weighted by Crippen LogP contribution is 1.96. The van der Waals surface area contributed by atoms with E-state index < -0.39 is 0 Å². The second kappa shape index (κ2) is 13.0. The van der Waals surface area contributed by atoms with Gasteiger partial charge in [-0.1, -0.05) is 19.4 Å². The van der Waals surface area contributed by atoms with Crippen molar-refractivity contribution in [3.8, 4) is 0 Å². The molecule has 0 aliphatic carbocycles. The molecule has 0 aromatic carbocycles. The molecule has 0 aromatic rings. The zero-order valence-electron chi connectivity index (χ0n) is 14.0. The van der Waals surface area contributed by atoms with E-state index in [9.17, 15) is 0 Å². The largest absolute Gasteiger partial charge is 0.357 e. The van der Waals surface area contributed by atoms with E-state index >= 15 is 0 Å². The third-order valence-corrected chi connectivity index (χ3v) is 3.23. The molecular formula is C16H34N4. The molecule has 0 radical (unpaired) electrons. The first-order chi connectivity index (χ1) is 9.65. The normalized spacial score (nSPS) is 11.8. The fourth-order valence-electron chi connectivity index (χ4n) is 1.91. The summed E-state index contributed by atoms with van der Waals surface area (Å²) in [6.45, 7) is 13.1. The first-order valence-corrected chi connectivity index (χ1v) is 7.94. The van der Waals surface area contributed by atoms with Crippen LogP contribution in [0.5, 0.6) is 0 Å². The lowest BCUT2D eigenvalue weighted by atomic mass is 10.3. The summed E-state index contributed by atoms with van der Waals surface area (Å²) in [6.07, 6.45) is 6.68. The molecule has 20 heavy (non-hydrogen) atoms. The van der Waals surface area contributed by atoms with Gasteiger partial charge >= 0.3 is 0 Å². The van der Waals surface area contributed by atoms with E-state index in [2.05, 4.69) is 49.6 Å². The van der Waals surface area contributed by atoms with Gasteiger partial charge in [-0.15, -0.1) is 6.58 Å². The van der Waals surface area contributed by atoms with E-state index in [0.717, 1.165) is 51.5 Å². The van der Waals surface area contributed by atoms with Gasteiger partial charge in [0, 0.05) is 26.7 Å². The summed E-state index contributed by atoms with van der Waals surface area (Å²) < 4.78 is 0. The average molecular weight is 282 g/mol. The van der Waals surface area contributed by atoms with Crippen LogP contribution in [0.25, 0.3) is 0 Å². The smallest absolute Gasteiger partial charge is 0.193 e. The number of hydrogen-bond acceptors (Lipinski definition) is 2. The molecule has 118 valence electrons. The van der Waals surface area contributed by atoms with Crippen LogP contribution in [-0.4, -0.2) is 62.6 Å². The summed E-state index contributed by atoms with van der Waals surface area (Å²) in [7, 11) is 4.28. The zero-order chi connectivity index (χ0) is 15.2. The highest BCUT2D eigenvalue weighted by molar-refractivity contribution is 5.79. The van der Waals surface area contributed by atoms with Gasteiger partial charge in [0.25, 0.3) is 0 Å². The van der Waals surface area contributed by atoms with Crippen molar-refractivity contribution in [3.63, 3.8) is 0 Å². The van der Waals surface area contributed by atoms with E-state index in [1.807, 2.05) is 6.08 Å². The second-order valence-corrected chi connectivity index (χ2v) is 5.24. The van der Waals surface area contributed by atoms with Crippen molar-refractivity contribution in [2.45, 2.75) is 39.5 Å². The Morgan fingerprint density at radius 1 is 1.15 bits per heavy atom. The molecule has 0 bridgehead atoms. The van der Waals surface area contributed by atoms with Gasteiger partial charge in [0.15, 0.2) is 5.96 Å². The number of guanidine groups is 1. The van der Waals surface area contributed by atoms with Crippen LogP contribution in [0.1, 0.15) is 39.5 Å². The van der Waals surface area contributed by atoms with Gasteiger partial charge in [-0.25, -0.2) is 0 Å². The van der Waals surface area contributed by atoms with E-state index in [0.29, 0.717) is 0 Å². The minimum absolute atomic E-state index is 0.856. The molecule has 0 unspecified atom stereocenters. The fourth-order valence-corrected chi connectivity index (χ4v) is 1.91. The Labute approximate surface area is 125 Å². The number of nitrogens with zero attached hydrogens (tertiary/aromatic N) is 3. The Hall–Kier alpha value is -1.03. The first-order valence-electron chi connectivity index (χ1n) is 7.94. The third kappa shape index (κ3) is 9.84. The maximum Gasteiger partial charge on any atom is 0.193 e. The van der Waals surface area contributed by atoms with Crippen LogP contribution in [-0.2, 0) is 0 Å². The summed E-state index contributed by atoms with van der Waals surface area (Å²) in [6, 6.07) is 0. The minimum Gasteiger partial charge on any atom is -0.357 e. The number of allylic oxidation sites excluding steroid dienone is 1. The lowest BCUT2D eigenvalue weighted by Gasteiger charge is -2.22. The van der Waals surface area contributed by atoms with Crippen LogP contribution >= 0.6 is 0 Å². The summed E-state index contributed by atoms with van der Waals surface area (Å²) in [4.78, 5) is 9.27. The van der Waals surface area contributed by atoms with Gasteiger partial charge in [0.05, 0.1) is 6.54 Å². The molecule has 0 spiro atoms. The molecular weight excluding hydrogens is 248 g/mol. The third-order valence-electron chi connectivity index (χ3n) is 3.23. The molecule has 4 nitrogen and oxygen atoms in total. The van der Waals surface area contributed by atoms with Gasteiger partial charge < -0.3 is 15.1 Å². The number of aliphatic imine (C=N–C) groups is 1. The number of hydrogen-bond donors (Lipinski definition) is 1. The number of likely N-dealkylation sites (N-methyl/N-ethyl adjacent to an activating group) is 1. The monoisotopic (exact) mass is 282 g/mol. The highest BCUT2D eigenvalue weighted by Gasteiger charge is 2.04. The standard InChI is InChI=1S/C16H34N4/c1-6-9-11-14-20(5)16(17-8-3)18-12-15-19(4)13-10-7-2/h6H,1,7-15H2,2-5H3,(H,17,18). The predicted molar refractivity (Wildman–Crippen MR) is 90.4 cm³/mol. The van der Waals surface area contributed by atoms with Crippen molar-refractivity contribution in [2.75, 3.05) is 46.8 Å². The van der Waals surface area contributed by atoms with Gasteiger partial charge in [0.1, 0.15) is 0 Å². The lowest BCUT2D eigenvalue weighted by Crippen LogP contribution is -2.40. The van der Waals surface area contributed by atoms with Crippen LogP contribution in [0, 0.1) is 0 Å². The number of nitrogens with one attached hydrogen (secondary N) is 1. The Kier molecular flexibility index (Phi) is 12.3. The lowest BCUT2D eigenvalue weighted by molar-refractivity contribution is 0.336. The summed E-state index contributed by atoms with van der Waals surface area (Å²) >= 11 is 0. The quantitative estimate of drug-likeness (QED) is 0.273. The van der Waals surface area contributed by atoms with Crippen molar-refractivity contribution in [2.24, 2.45) is 4.99 Å². The zero-order valence-corrected chi connectivity index (χ0v) is 14.0. The van der Waals surface area contributed by atoms with Gasteiger partial charge in [-0.3, -0.25) is 4.99 Å². The second-order valence-electron chi connectivity index (χ2n) is 5.24. The maximum atomic E-state index is 4.70. The molecule has 0 amide bonds. The van der Waals surface area contributed by atoms with Crippen LogP contribution < -0.4 is 5.32 Å². The molecule has 0 atom stereocenters. The summed E-state index contributed by atoms with van der Waals surface area (Å²) in [5, 5.41) is 3.36. The molecule has 1 N–H and O–H groups in total. The van der Waals surface area contributed by atoms with Crippen molar-refractivity contribution in [1.29, 1.82) is 0 Å². The van der Waals surface area contributed by atoms with E-state index in [-0.39, 0.29) is 0 Å². The van der Waals surface area contributed by atoms with Crippen molar-refractivity contribution >= 4 is 5.96 Å². The van der Waals surface area contributed by atoms with E-state index in [1.54, 1.807) is 0 Å². The molecule has 4 heteroatoms. The molecule has 0 aliphatic heterocycles. The van der Waals surface area contributed by atoms with Crippen LogP contribution in [0.4, 0.5) is 0 Å². The predicted octanol–water partition coefficient (Wildman–Crippen LogP) is 2.58. The topological polar surface area (TPSA) is 30.9 Å². The van der Waals surface area contributed by atoms with Crippen molar-refractivity contribution < 1.29 is 0 Å².